The zero-order valence-electron chi connectivity index (χ0n) is 18.3. The largest absolute Gasteiger partial charge is 0.437 e. The third-order valence-electron chi connectivity index (χ3n) is 3.14. The second-order valence-corrected chi connectivity index (χ2v) is 21.3. The van der Waals surface area contributed by atoms with E-state index in [2.05, 4.69) is 45.8 Å². The van der Waals surface area contributed by atoms with Crippen LogP contribution in [0.3, 0.4) is 0 Å². The van der Waals surface area contributed by atoms with Crippen molar-refractivity contribution in [3.63, 3.8) is 0 Å². The maximum Gasteiger partial charge on any atom is 0.314 e. The van der Waals surface area contributed by atoms with E-state index < -0.39 is 25.2 Å². The van der Waals surface area contributed by atoms with Crippen molar-refractivity contribution in [2.75, 3.05) is 53.4 Å². The number of hydrogen-bond donors (Lipinski definition) is 0. The average Bonchev–Trinajstić information content (AvgIpc) is 2.44. The first-order valence-electron chi connectivity index (χ1n) is 9.60. The van der Waals surface area contributed by atoms with Crippen molar-refractivity contribution < 1.29 is 27.2 Å². The van der Waals surface area contributed by atoms with Gasteiger partial charge in [0.2, 0.25) is 0 Å². The summed E-state index contributed by atoms with van der Waals surface area (Å²) in [7, 11) is -3.70. The molecule has 6 nitrogen and oxygen atoms in total. The van der Waals surface area contributed by atoms with E-state index in [1.54, 1.807) is 7.11 Å². The third kappa shape index (κ3) is 17.8. The number of ether oxygens (including phenoxy) is 4. The molecule has 0 aromatic carbocycles. The number of methoxy groups -OCH3 is 1. The van der Waals surface area contributed by atoms with Crippen molar-refractivity contribution in [3.05, 3.63) is 0 Å². The zero-order valence-corrected chi connectivity index (χ0v) is 21.3. The quantitative estimate of drug-likeness (QED) is 0.260. The molecule has 0 spiro atoms. The first kappa shape index (κ1) is 26.4. The predicted octanol–water partition coefficient (Wildman–Crippen LogP) is 3.85. The Hall–Kier alpha value is 0.411. The maximum atomic E-state index is 6.49. The molecule has 0 amide bonds. The molecule has 0 saturated heterocycles. The van der Waals surface area contributed by atoms with Crippen molar-refractivity contribution in [3.8, 4) is 0 Å². The number of rotatable bonds is 17. The highest BCUT2D eigenvalue weighted by Gasteiger charge is 2.39. The lowest BCUT2D eigenvalue weighted by atomic mass is 10.5. The lowest BCUT2D eigenvalue weighted by Gasteiger charge is -2.38. The molecule has 0 radical (unpaired) electrons. The van der Waals surface area contributed by atoms with Gasteiger partial charge >= 0.3 is 8.56 Å². The molecular weight excluding hydrogens is 384 g/mol. The van der Waals surface area contributed by atoms with Gasteiger partial charge in [-0.15, -0.1) is 0 Å². The van der Waals surface area contributed by atoms with Gasteiger partial charge in [-0.1, -0.05) is 0 Å². The molecule has 0 bridgehead atoms. The minimum Gasteiger partial charge on any atom is -0.437 e. The molecule has 0 heterocycles. The molecule has 9 heteroatoms. The van der Waals surface area contributed by atoms with Crippen LogP contribution in [0.1, 0.15) is 6.42 Å². The van der Waals surface area contributed by atoms with E-state index in [1.165, 1.54) is 0 Å². The summed E-state index contributed by atoms with van der Waals surface area (Å²) >= 11 is 0. The maximum absolute atomic E-state index is 6.49. The Kier molecular flexibility index (Phi) is 13.8. The Balaban J connectivity index is 3.86. The van der Waals surface area contributed by atoms with Crippen LogP contribution in [-0.4, -0.2) is 78.6 Å². The van der Waals surface area contributed by atoms with Crippen LogP contribution in [0.15, 0.2) is 0 Å². The van der Waals surface area contributed by atoms with Crippen molar-refractivity contribution in [1.29, 1.82) is 0 Å². The van der Waals surface area contributed by atoms with Crippen LogP contribution in [0, 0.1) is 0 Å². The average molecular weight is 427 g/mol. The van der Waals surface area contributed by atoms with Crippen molar-refractivity contribution >= 4 is 25.2 Å². The van der Waals surface area contributed by atoms with Crippen molar-refractivity contribution in [2.24, 2.45) is 0 Å². The molecule has 0 aromatic heterocycles. The summed E-state index contributed by atoms with van der Waals surface area (Å²) in [6, 6.07) is 0.982. The standard InChI is InChI=1S/C17H42O6Si3/c1-18-11-12-20-15-16-21-14-13-19-10-9-17-26(8,22-24(2,3)4)23-25(5,6)7/h9-17H2,1-8H3. The van der Waals surface area contributed by atoms with Crippen LogP contribution in [0.25, 0.3) is 0 Å². The molecule has 0 N–H and O–H groups in total. The topological polar surface area (TPSA) is 55.4 Å². The number of hydrogen-bond acceptors (Lipinski definition) is 6. The van der Waals surface area contributed by atoms with E-state index in [0.717, 1.165) is 19.1 Å². The Morgan fingerprint density at radius 1 is 0.538 bits per heavy atom. The van der Waals surface area contributed by atoms with Gasteiger partial charge in [0.05, 0.1) is 39.6 Å². The lowest BCUT2D eigenvalue weighted by molar-refractivity contribution is 0.00365. The Bertz CT molecular complexity index is 328. The molecular formula is C17H42O6Si3. The highest BCUT2D eigenvalue weighted by Crippen LogP contribution is 2.25. The lowest BCUT2D eigenvalue weighted by Crippen LogP contribution is -2.52. The molecule has 0 aromatic rings. The van der Waals surface area contributed by atoms with E-state index in [-0.39, 0.29) is 0 Å². The van der Waals surface area contributed by atoms with Gasteiger partial charge in [0, 0.05) is 13.7 Å². The summed E-state index contributed by atoms with van der Waals surface area (Å²) in [5.41, 5.74) is 0. The van der Waals surface area contributed by atoms with E-state index in [1.807, 2.05) is 0 Å². The summed E-state index contributed by atoms with van der Waals surface area (Å²) in [6.07, 6.45) is 0.970. The molecule has 26 heavy (non-hydrogen) atoms. The van der Waals surface area contributed by atoms with Gasteiger partial charge in [0.25, 0.3) is 0 Å². The van der Waals surface area contributed by atoms with Gasteiger partial charge in [-0.25, -0.2) is 0 Å². The fourth-order valence-electron chi connectivity index (χ4n) is 2.60. The van der Waals surface area contributed by atoms with E-state index in [0.29, 0.717) is 39.6 Å². The minimum absolute atomic E-state index is 0.589. The summed E-state index contributed by atoms with van der Waals surface area (Å²) in [6.45, 7) is 20.0. The summed E-state index contributed by atoms with van der Waals surface area (Å²) in [5, 5.41) is 0. The zero-order chi connectivity index (χ0) is 20.1. The SMILES string of the molecule is COCCOCCOCCOCCC[Si](C)(O[Si](C)(C)C)O[Si](C)(C)C. The van der Waals surface area contributed by atoms with Gasteiger partial charge in [0.15, 0.2) is 16.6 Å². The monoisotopic (exact) mass is 426 g/mol. The molecule has 0 atom stereocenters. The van der Waals surface area contributed by atoms with Crippen LogP contribution < -0.4 is 0 Å². The Labute approximate surface area is 164 Å². The van der Waals surface area contributed by atoms with E-state index >= 15 is 0 Å². The molecule has 0 unspecified atom stereocenters. The van der Waals surface area contributed by atoms with Gasteiger partial charge in [-0.2, -0.15) is 0 Å². The third-order valence-corrected chi connectivity index (χ3v) is 12.8. The molecule has 0 aliphatic heterocycles. The van der Waals surface area contributed by atoms with Crippen LogP contribution in [0.4, 0.5) is 0 Å². The Morgan fingerprint density at radius 3 is 1.31 bits per heavy atom. The van der Waals surface area contributed by atoms with Crippen molar-refractivity contribution in [2.45, 2.75) is 58.3 Å². The van der Waals surface area contributed by atoms with Crippen LogP contribution in [0.2, 0.25) is 51.9 Å². The first-order valence-corrected chi connectivity index (χ1v) is 18.9. The highest BCUT2D eigenvalue weighted by molar-refractivity contribution is 6.87. The molecule has 0 saturated carbocycles. The molecule has 0 aliphatic carbocycles. The second kappa shape index (κ2) is 13.6. The van der Waals surface area contributed by atoms with Crippen LogP contribution >= 0.6 is 0 Å². The van der Waals surface area contributed by atoms with Crippen LogP contribution in [-0.2, 0) is 27.2 Å². The summed E-state index contributed by atoms with van der Waals surface area (Å²) in [5.74, 6) is 0. The highest BCUT2D eigenvalue weighted by atomic mass is 28.5. The summed E-state index contributed by atoms with van der Waals surface area (Å²) in [4.78, 5) is 0. The van der Waals surface area contributed by atoms with Gasteiger partial charge < -0.3 is 27.2 Å². The predicted molar refractivity (Wildman–Crippen MR) is 114 cm³/mol. The van der Waals surface area contributed by atoms with Gasteiger partial charge in [-0.05, 0) is 58.3 Å². The molecule has 0 fully saturated rings. The minimum atomic E-state index is -2.13. The smallest absolute Gasteiger partial charge is 0.314 e. The fraction of sp³-hybridized carbons (Fsp3) is 1.00. The van der Waals surface area contributed by atoms with Crippen molar-refractivity contribution in [1.82, 2.24) is 0 Å². The summed E-state index contributed by atoms with van der Waals surface area (Å²) < 4.78 is 34.4. The van der Waals surface area contributed by atoms with Gasteiger partial charge in [0.1, 0.15) is 0 Å². The molecule has 158 valence electrons. The Morgan fingerprint density at radius 2 is 0.923 bits per heavy atom. The normalized spacial score (nSPS) is 13.4. The molecule has 0 aliphatic rings. The van der Waals surface area contributed by atoms with Gasteiger partial charge in [-0.3, -0.25) is 0 Å². The first-order chi connectivity index (χ1) is 12.0. The van der Waals surface area contributed by atoms with E-state index in [9.17, 15) is 0 Å². The van der Waals surface area contributed by atoms with E-state index in [4.69, 9.17) is 27.2 Å². The fourth-order valence-corrected chi connectivity index (χ4v) is 15.1. The second-order valence-electron chi connectivity index (χ2n) is 8.50. The molecule has 0 rings (SSSR count). The van der Waals surface area contributed by atoms with Crippen LogP contribution in [0.5, 0.6) is 0 Å².